The van der Waals surface area contributed by atoms with Crippen molar-refractivity contribution >= 4 is 65.2 Å². The fraction of sp³-hybridized carbons (Fsp3) is 0.0800. The minimum Gasteiger partial charge on any atom is -0.309 e. The van der Waals surface area contributed by atoms with E-state index in [1.165, 1.54) is 43.3 Å². The molecule has 0 saturated heterocycles. The number of hydrogen-bond donors (Lipinski definition) is 0. The van der Waals surface area contributed by atoms with Crippen LogP contribution in [0.25, 0.3) is 87.9 Å². The average Bonchev–Trinajstić information content (AvgIpc) is 3.56. The lowest BCUT2D eigenvalue weighted by Gasteiger charge is -2.20. The molecule has 4 heteroatoms. The van der Waals surface area contributed by atoms with Crippen LogP contribution in [0.2, 0.25) is 0 Å². The summed E-state index contributed by atoms with van der Waals surface area (Å²) in [6.07, 6.45) is 3.81. The third-order valence-corrected chi connectivity index (χ3v) is 10.8. The number of fused-ring (bicyclic) bond motifs is 10. The molecule has 0 fully saturated rings. The zero-order valence-corrected chi connectivity index (χ0v) is 30.5. The number of para-hydroxylation sites is 2. The van der Waals surface area contributed by atoms with Gasteiger partial charge in [0.15, 0.2) is 0 Å². The van der Waals surface area contributed by atoms with Gasteiger partial charge in [0.05, 0.1) is 27.8 Å². The highest BCUT2D eigenvalue weighted by atomic mass is 15.1. The first kappa shape index (κ1) is 31.9. The van der Waals surface area contributed by atoms with Gasteiger partial charge in [-0.15, -0.1) is 0 Å². The van der Waals surface area contributed by atoms with Crippen LogP contribution in [0.1, 0.15) is 26.3 Å². The molecule has 4 aromatic heterocycles. The number of rotatable bonds is 3. The Morgan fingerprint density at radius 3 is 1.56 bits per heavy atom. The number of nitrogens with zero attached hydrogens (tertiary/aromatic N) is 4. The summed E-state index contributed by atoms with van der Waals surface area (Å²) in [6, 6.07) is 59.3. The van der Waals surface area contributed by atoms with Crippen molar-refractivity contribution in [3.8, 4) is 22.8 Å². The van der Waals surface area contributed by atoms with Gasteiger partial charge in [-0.3, -0.25) is 9.55 Å². The van der Waals surface area contributed by atoms with Gasteiger partial charge in [-0.25, -0.2) is 4.98 Å². The summed E-state index contributed by atoms with van der Waals surface area (Å²) in [5.41, 5.74) is 8.71. The van der Waals surface area contributed by atoms with Gasteiger partial charge in [-0.2, -0.15) is 0 Å². The van der Waals surface area contributed by atoms with Gasteiger partial charge in [0.25, 0.3) is 0 Å². The Hall–Kier alpha value is -6.78. The Bertz CT molecular complexity index is 3140. The maximum Gasteiger partial charge on any atom is 0.137 e. The van der Waals surface area contributed by atoms with Crippen molar-refractivity contribution in [2.45, 2.75) is 26.2 Å². The molecule has 4 heterocycles. The fourth-order valence-corrected chi connectivity index (χ4v) is 8.20. The molecule has 10 rings (SSSR count). The van der Waals surface area contributed by atoms with E-state index in [1.807, 2.05) is 18.5 Å². The summed E-state index contributed by atoms with van der Waals surface area (Å²) in [5, 5.41) is 9.50. The monoisotopic (exact) mass is 694 g/mol. The summed E-state index contributed by atoms with van der Waals surface area (Å²) in [6.45, 7) is 6.76. The van der Waals surface area contributed by atoms with E-state index in [2.05, 4.69) is 188 Å². The Labute approximate surface area is 313 Å². The predicted molar refractivity (Wildman–Crippen MR) is 227 cm³/mol. The molecule has 6 aromatic carbocycles. The second kappa shape index (κ2) is 12.4. The van der Waals surface area contributed by atoms with Crippen molar-refractivity contribution in [2.24, 2.45) is 0 Å². The maximum absolute atomic E-state index is 4.99. The van der Waals surface area contributed by atoms with Crippen LogP contribution in [0.4, 0.5) is 0 Å². The lowest BCUT2D eigenvalue weighted by Crippen LogP contribution is -2.12. The quantitative estimate of drug-likeness (QED) is 0.185. The smallest absolute Gasteiger partial charge is 0.137 e. The van der Waals surface area contributed by atoms with E-state index in [0.717, 1.165) is 50.2 Å². The summed E-state index contributed by atoms with van der Waals surface area (Å²) in [4.78, 5) is 9.77. The molecule has 0 saturated carbocycles. The number of hydrogen-bond acceptors (Lipinski definition) is 2. The van der Waals surface area contributed by atoms with Crippen LogP contribution in [0.3, 0.4) is 0 Å². The van der Waals surface area contributed by atoms with Gasteiger partial charge in [0.1, 0.15) is 5.82 Å². The summed E-state index contributed by atoms with van der Waals surface area (Å²) < 4.78 is 4.79. The molecule has 0 N–H and O–H groups in total. The van der Waals surface area contributed by atoms with E-state index in [1.54, 1.807) is 0 Å². The molecule has 0 spiro atoms. The standard InChI is InChI=1S/C50H38N4/c1-50(2,3)34-27-29-52-49(31-34)54-46-22-11-9-19-41(46)43-26-24-35(32-48(43)54)53-45-21-10-8-18-40(45)38-16-6-4-14-36(38)37-15-5-7-17-39(37)42-25-23-33(30-47(42)53)44-20-12-13-28-51-44/h4-32H,1-3H3. The zero-order chi connectivity index (χ0) is 36.4. The molecule has 0 aliphatic rings. The van der Waals surface area contributed by atoms with Crippen molar-refractivity contribution in [1.82, 2.24) is 19.1 Å². The topological polar surface area (TPSA) is 35.6 Å². The molecule has 4 nitrogen and oxygen atoms in total. The van der Waals surface area contributed by atoms with Gasteiger partial charge in [-0.05, 0) is 87.1 Å². The molecular formula is C50H38N4. The van der Waals surface area contributed by atoms with Crippen LogP contribution in [-0.2, 0) is 5.41 Å². The van der Waals surface area contributed by atoms with Crippen molar-refractivity contribution < 1.29 is 0 Å². The normalized spacial score (nSPS) is 12.0. The highest BCUT2D eigenvalue weighted by Crippen LogP contribution is 2.38. The van der Waals surface area contributed by atoms with Crippen LogP contribution in [0, 0.1) is 0 Å². The van der Waals surface area contributed by atoms with Gasteiger partial charge < -0.3 is 4.57 Å². The van der Waals surface area contributed by atoms with Gasteiger partial charge in [0.2, 0.25) is 0 Å². The molecule has 0 aliphatic heterocycles. The third kappa shape index (κ3) is 5.14. The van der Waals surface area contributed by atoms with Crippen LogP contribution >= 0.6 is 0 Å². The van der Waals surface area contributed by atoms with E-state index >= 15 is 0 Å². The molecule has 0 amide bonds. The Balaban J connectivity index is 1.42. The molecule has 0 radical (unpaired) electrons. The Morgan fingerprint density at radius 2 is 0.907 bits per heavy atom. The lowest BCUT2D eigenvalue weighted by atomic mass is 9.88. The number of aromatic nitrogens is 4. The number of pyridine rings is 2. The van der Waals surface area contributed by atoms with Gasteiger partial charge >= 0.3 is 0 Å². The molecular weight excluding hydrogens is 657 g/mol. The minimum absolute atomic E-state index is 0.0179. The van der Waals surface area contributed by atoms with Gasteiger partial charge in [-0.1, -0.05) is 130 Å². The predicted octanol–water partition coefficient (Wildman–Crippen LogP) is 13.1. The third-order valence-electron chi connectivity index (χ3n) is 10.8. The van der Waals surface area contributed by atoms with E-state index in [-0.39, 0.29) is 5.41 Å². The first-order valence-electron chi connectivity index (χ1n) is 18.6. The summed E-state index contributed by atoms with van der Waals surface area (Å²) >= 11 is 0. The van der Waals surface area contributed by atoms with E-state index in [4.69, 9.17) is 9.97 Å². The molecule has 54 heavy (non-hydrogen) atoms. The van der Waals surface area contributed by atoms with E-state index < -0.39 is 0 Å². The Kier molecular flexibility index (Phi) is 7.34. The highest BCUT2D eigenvalue weighted by molar-refractivity contribution is 6.20. The molecule has 10 aromatic rings. The molecule has 258 valence electrons. The second-order valence-corrected chi connectivity index (χ2v) is 15.1. The zero-order valence-electron chi connectivity index (χ0n) is 30.5. The van der Waals surface area contributed by atoms with E-state index in [0.29, 0.717) is 0 Å². The molecule has 0 aliphatic carbocycles. The SMILES string of the molecule is CC(C)(C)c1ccnc(-n2c3ccccc3c3ccc(-n4c5ccccc5c5ccccc5c5ccccc5c5ccc(-c6ccccn6)cc54)cc32)c1. The minimum atomic E-state index is -0.0179. The van der Waals surface area contributed by atoms with E-state index in [9.17, 15) is 0 Å². The average molecular weight is 695 g/mol. The van der Waals surface area contributed by atoms with Gasteiger partial charge in [0, 0.05) is 45.2 Å². The van der Waals surface area contributed by atoms with Crippen molar-refractivity contribution in [3.63, 3.8) is 0 Å². The highest BCUT2D eigenvalue weighted by Gasteiger charge is 2.19. The second-order valence-electron chi connectivity index (χ2n) is 15.1. The first-order chi connectivity index (χ1) is 26.4. The van der Waals surface area contributed by atoms with Crippen LogP contribution in [0.15, 0.2) is 176 Å². The first-order valence-corrected chi connectivity index (χ1v) is 18.6. The summed E-state index contributed by atoms with van der Waals surface area (Å²) in [7, 11) is 0. The number of benzene rings is 6. The summed E-state index contributed by atoms with van der Waals surface area (Å²) in [5.74, 6) is 0.913. The van der Waals surface area contributed by atoms with Crippen LogP contribution < -0.4 is 0 Å². The largest absolute Gasteiger partial charge is 0.309 e. The molecule has 0 bridgehead atoms. The maximum atomic E-state index is 4.99. The van der Waals surface area contributed by atoms with Crippen molar-refractivity contribution in [2.75, 3.05) is 0 Å². The van der Waals surface area contributed by atoms with Crippen molar-refractivity contribution in [1.29, 1.82) is 0 Å². The molecule has 0 unspecified atom stereocenters. The fourth-order valence-electron chi connectivity index (χ4n) is 8.20. The van der Waals surface area contributed by atoms with Crippen LogP contribution in [0.5, 0.6) is 0 Å². The lowest BCUT2D eigenvalue weighted by molar-refractivity contribution is 0.588. The van der Waals surface area contributed by atoms with Crippen LogP contribution in [-0.4, -0.2) is 19.1 Å². The van der Waals surface area contributed by atoms with Crippen molar-refractivity contribution in [3.05, 3.63) is 182 Å². The Morgan fingerprint density at radius 1 is 0.389 bits per heavy atom. The molecule has 0 atom stereocenters.